The van der Waals surface area contributed by atoms with Crippen LogP contribution in [0.2, 0.25) is 0 Å². The Morgan fingerprint density at radius 3 is 2.00 bits per heavy atom. The third kappa shape index (κ3) is 5.83. The van der Waals surface area contributed by atoms with Gasteiger partial charge in [-0.2, -0.15) is 0 Å². The standard InChI is InChI=1S/C6H11IO5.2HI.V/c7-3-5(10)4(9)2(1-8)12-6(3)11;;;/h2-6,8-11H,1H2;2*1H;/q;;;+2/p-2. The molecule has 9 heteroatoms. The van der Waals surface area contributed by atoms with E-state index in [1.807, 2.05) is 0 Å². The fourth-order valence-electron chi connectivity index (χ4n) is 1.06. The number of hydrogen-bond donors (Lipinski definition) is 4. The van der Waals surface area contributed by atoms with Gasteiger partial charge in [-0.15, -0.1) is 0 Å². The molecule has 0 aromatic rings. The van der Waals surface area contributed by atoms with Crippen molar-refractivity contribution in [3.8, 4) is 0 Å². The first-order valence-corrected chi connectivity index (χ1v) is 14.1. The quantitative estimate of drug-likeness (QED) is 0.254. The van der Waals surface area contributed by atoms with Crippen molar-refractivity contribution in [3.63, 3.8) is 0 Å². The van der Waals surface area contributed by atoms with E-state index in [4.69, 9.17) is 14.9 Å². The molecule has 0 amide bonds. The third-order valence-corrected chi connectivity index (χ3v) is 3.18. The maximum absolute atomic E-state index is 9.31. The summed E-state index contributed by atoms with van der Waals surface area (Å²) in [6.07, 6.45) is -4.24. The van der Waals surface area contributed by atoms with Crippen molar-refractivity contribution >= 4 is 62.5 Å². The molecule has 5 nitrogen and oxygen atoms in total. The minimum absolute atomic E-state index is 0.418. The summed E-state index contributed by atoms with van der Waals surface area (Å²) in [5.74, 6) is 0. The van der Waals surface area contributed by atoms with Gasteiger partial charge in [0.15, 0.2) is 6.29 Å². The molecular formula is C6H11I3O5V. The maximum atomic E-state index is 9.31. The van der Waals surface area contributed by atoms with Gasteiger partial charge in [0.1, 0.15) is 12.2 Å². The molecule has 5 unspecified atom stereocenters. The van der Waals surface area contributed by atoms with E-state index >= 15 is 0 Å². The average molecular weight is 595 g/mol. The van der Waals surface area contributed by atoms with Crippen molar-refractivity contribution in [2.75, 3.05) is 6.61 Å². The van der Waals surface area contributed by atoms with Crippen molar-refractivity contribution in [1.82, 2.24) is 0 Å². The summed E-state index contributed by atoms with van der Waals surface area (Å²) in [7, 11) is 0.628. The monoisotopic (exact) mass is 595 g/mol. The molecule has 0 bridgehead atoms. The summed E-state index contributed by atoms with van der Waals surface area (Å²) in [5.41, 5.74) is 0. The van der Waals surface area contributed by atoms with E-state index in [2.05, 4.69) is 40.0 Å². The first kappa shape index (κ1) is 17.6. The Kier molecular flexibility index (Phi) is 11.1. The predicted octanol–water partition coefficient (Wildman–Crippen LogP) is -0.00980. The number of ether oxygens (including phenoxy) is 1. The molecule has 0 radical (unpaired) electrons. The number of rotatable bonds is 1. The van der Waals surface area contributed by atoms with Gasteiger partial charge < -0.3 is 25.2 Å². The zero-order valence-corrected chi connectivity index (χ0v) is 15.2. The van der Waals surface area contributed by atoms with Crippen molar-refractivity contribution in [1.29, 1.82) is 0 Å². The van der Waals surface area contributed by atoms with Gasteiger partial charge in [0, 0.05) is 0 Å². The molecule has 1 heterocycles. The van der Waals surface area contributed by atoms with Crippen LogP contribution < -0.4 is 0 Å². The number of aliphatic hydroxyl groups is 4. The van der Waals surface area contributed by atoms with Gasteiger partial charge in [0.2, 0.25) is 0 Å². The zero-order valence-electron chi connectivity index (χ0n) is 7.37. The van der Waals surface area contributed by atoms with Gasteiger partial charge >= 0.3 is 49.4 Å². The summed E-state index contributed by atoms with van der Waals surface area (Å²) in [5, 5.41) is 36.4. The topological polar surface area (TPSA) is 90.2 Å². The van der Waals surface area contributed by atoms with E-state index < -0.39 is 35.1 Å². The molecule has 1 aliphatic heterocycles. The predicted molar refractivity (Wildman–Crippen MR) is 75.8 cm³/mol. The van der Waals surface area contributed by atoms with Crippen LogP contribution >= 0.6 is 62.5 Å². The Bertz CT molecular complexity index is 172. The second-order valence-electron chi connectivity index (χ2n) is 2.74. The number of hydrogen-bond acceptors (Lipinski definition) is 5. The van der Waals surface area contributed by atoms with Crippen molar-refractivity contribution in [2.24, 2.45) is 0 Å². The molecule has 0 saturated carbocycles. The van der Waals surface area contributed by atoms with Crippen LogP contribution in [-0.4, -0.2) is 55.6 Å². The van der Waals surface area contributed by atoms with Gasteiger partial charge in [-0.3, -0.25) is 0 Å². The Morgan fingerprint density at radius 1 is 1.13 bits per heavy atom. The van der Waals surface area contributed by atoms with Gasteiger partial charge in [-0.1, -0.05) is 22.6 Å². The first-order chi connectivity index (χ1) is 6.99. The Morgan fingerprint density at radius 2 is 1.60 bits per heavy atom. The molecule has 1 saturated heterocycles. The first-order valence-electron chi connectivity index (χ1n) is 3.86. The third-order valence-electron chi connectivity index (χ3n) is 1.82. The summed E-state index contributed by atoms with van der Waals surface area (Å²) in [6, 6.07) is 0. The van der Waals surface area contributed by atoms with Crippen LogP contribution in [0.1, 0.15) is 0 Å². The average Bonchev–Trinajstić information content (AvgIpc) is 2.21. The Hall–Kier alpha value is 2.57. The Balaban J connectivity index is 0.000000583. The molecule has 0 aliphatic carbocycles. The number of halogens is 3. The molecular weight excluding hydrogens is 584 g/mol. The molecule has 4 N–H and O–H groups in total. The van der Waals surface area contributed by atoms with Crippen molar-refractivity contribution in [2.45, 2.75) is 28.5 Å². The molecule has 5 atom stereocenters. The van der Waals surface area contributed by atoms with Gasteiger partial charge in [-0.25, -0.2) is 0 Å². The van der Waals surface area contributed by atoms with Gasteiger partial charge in [-0.05, 0) is 0 Å². The van der Waals surface area contributed by atoms with E-state index in [0.29, 0.717) is 9.47 Å². The zero-order chi connectivity index (χ0) is 12.0. The van der Waals surface area contributed by atoms with E-state index in [9.17, 15) is 10.2 Å². The second kappa shape index (κ2) is 9.50. The van der Waals surface area contributed by atoms with E-state index in [1.54, 1.807) is 22.6 Å². The second-order valence-corrected chi connectivity index (χ2v) is 16.0. The molecule has 1 fully saturated rings. The molecule has 15 heavy (non-hydrogen) atoms. The minimum atomic E-state index is -1.14. The molecule has 0 spiro atoms. The van der Waals surface area contributed by atoms with Crippen LogP contribution in [0.15, 0.2) is 0 Å². The van der Waals surface area contributed by atoms with E-state index in [-0.39, 0.29) is 0 Å². The van der Waals surface area contributed by atoms with E-state index in [0.717, 1.165) is 0 Å². The van der Waals surface area contributed by atoms with Crippen molar-refractivity contribution in [3.05, 3.63) is 0 Å². The van der Waals surface area contributed by atoms with Gasteiger partial charge in [0.25, 0.3) is 0 Å². The summed E-state index contributed by atoms with van der Waals surface area (Å²) in [4.78, 5) is 0. The van der Waals surface area contributed by atoms with Crippen LogP contribution in [0.5, 0.6) is 0 Å². The van der Waals surface area contributed by atoms with Crippen LogP contribution in [0.25, 0.3) is 0 Å². The summed E-state index contributed by atoms with van der Waals surface area (Å²) < 4.78 is 4.25. The molecule has 1 rings (SSSR count). The van der Waals surface area contributed by atoms with Crippen LogP contribution in [0.4, 0.5) is 0 Å². The van der Waals surface area contributed by atoms with Gasteiger partial charge in [0.05, 0.1) is 16.6 Å². The number of aliphatic hydroxyl groups excluding tert-OH is 4. The fraction of sp³-hybridized carbons (Fsp3) is 1.00. The molecule has 1 aliphatic rings. The van der Waals surface area contributed by atoms with Crippen molar-refractivity contribution < 1.29 is 34.6 Å². The summed E-state index contributed by atoms with van der Waals surface area (Å²) in [6.45, 7) is -0.418. The summed E-state index contributed by atoms with van der Waals surface area (Å²) >= 11 is 6.52. The van der Waals surface area contributed by atoms with Crippen LogP contribution in [-0.2, 0) is 14.2 Å². The van der Waals surface area contributed by atoms with Crippen LogP contribution in [0, 0.1) is 0 Å². The molecule has 91 valence electrons. The van der Waals surface area contributed by atoms with Crippen LogP contribution in [0.3, 0.4) is 0 Å². The fourth-order valence-corrected chi connectivity index (χ4v) is 1.66. The van der Waals surface area contributed by atoms with E-state index in [1.165, 1.54) is 0 Å². The molecule has 0 aromatic heterocycles. The molecule has 0 aromatic carbocycles. The normalized spacial score (nSPS) is 40.3. The SMILES string of the molecule is OCC1OC(O)C(I)C(O)C1O.[I][V][I]. The Labute approximate surface area is 130 Å². The number of alkyl halides is 1.